The Morgan fingerprint density at radius 2 is 1.13 bits per heavy atom. The minimum Gasteiger partial charge on any atom is -0.495 e. The second kappa shape index (κ2) is 15.8. The van der Waals surface area contributed by atoms with Gasteiger partial charge >= 0.3 is 0 Å². The molecule has 0 bridgehead atoms. The van der Waals surface area contributed by atoms with E-state index in [4.69, 9.17) is 20.5 Å². The first kappa shape index (κ1) is 36.2. The van der Waals surface area contributed by atoms with E-state index in [9.17, 15) is 4.79 Å². The third-order valence-electron chi connectivity index (χ3n) is 9.53. The van der Waals surface area contributed by atoms with Gasteiger partial charge in [0.15, 0.2) is 0 Å². The van der Waals surface area contributed by atoms with E-state index in [1.807, 2.05) is 48.8 Å². The van der Waals surface area contributed by atoms with Crippen LogP contribution in [0.5, 0.6) is 11.5 Å². The Kier molecular flexibility index (Phi) is 10.4. The SMILES string of the molecule is COc1cn(Cc2ccc(C)cc2)c2ccc(-c3cccc(C#N)n3)cc12.COc1cn(Cc2ccc(C)cc2)c2ccc(-c3cccc(C(N)=O)n3)cc12. The fourth-order valence-electron chi connectivity index (χ4n) is 6.61. The van der Waals surface area contributed by atoms with Crippen LogP contribution in [-0.4, -0.2) is 39.2 Å². The molecule has 0 aliphatic carbocycles. The minimum atomic E-state index is -0.537. The van der Waals surface area contributed by atoms with Crippen molar-refractivity contribution in [2.45, 2.75) is 26.9 Å². The number of hydrogen-bond acceptors (Lipinski definition) is 6. The van der Waals surface area contributed by atoms with Gasteiger partial charge in [0.1, 0.15) is 29.0 Å². The van der Waals surface area contributed by atoms with E-state index in [0.29, 0.717) is 11.4 Å². The number of hydrogen-bond donors (Lipinski definition) is 1. The number of benzene rings is 4. The van der Waals surface area contributed by atoms with Gasteiger partial charge in [0.2, 0.25) is 0 Å². The van der Waals surface area contributed by atoms with Crippen LogP contribution >= 0.6 is 0 Å². The second-order valence-corrected chi connectivity index (χ2v) is 13.4. The number of nitrogens with two attached hydrogens (primary N) is 1. The molecular weight excluding hydrogens is 685 g/mol. The first-order valence-corrected chi connectivity index (χ1v) is 17.8. The van der Waals surface area contributed by atoms with Crippen LogP contribution in [0, 0.1) is 25.2 Å². The molecule has 9 heteroatoms. The van der Waals surface area contributed by atoms with Crippen LogP contribution in [0.4, 0.5) is 0 Å². The summed E-state index contributed by atoms with van der Waals surface area (Å²) < 4.78 is 15.6. The highest BCUT2D eigenvalue weighted by Crippen LogP contribution is 2.34. The lowest BCUT2D eigenvalue weighted by Crippen LogP contribution is -2.12. The maximum atomic E-state index is 11.4. The van der Waals surface area contributed by atoms with Gasteiger partial charge in [-0.25, -0.2) is 9.97 Å². The van der Waals surface area contributed by atoms with Gasteiger partial charge in [0.25, 0.3) is 5.91 Å². The predicted octanol–water partition coefficient (Wildman–Crippen LogP) is 9.11. The van der Waals surface area contributed by atoms with Gasteiger partial charge in [-0.3, -0.25) is 4.79 Å². The summed E-state index contributed by atoms with van der Waals surface area (Å²) >= 11 is 0. The van der Waals surface area contributed by atoms with Gasteiger partial charge in [0, 0.05) is 47.4 Å². The van der Waals surface area contributed by atoms with Crippen LogP contribution in [0.25, 0.3) is 44.3 Å². The molecule has 0 radical (unpaired) electrons. The maximum absolute atomic E-state index is 11.4. The monoisotopic (exact) mass is 724 g/mol. The van der Waals surface area contributed by atoms with Crippen molar-refractivity contribution in [3.63, 3.8) is 0 Å². The van der Waals surface area contributed by atoms with Crippen LogP contribution in [-0.2, 0) is 13.1 Å². The zero-order valence-corrected chi connectivity index (χ0v) is 31.2. The summed E-state index contributed by atoms with van der Waals surface area (Å²) in [5.74, 6) is 1.09. The van der Waals surface area contributed by atoms with E-state index in [0.717, 1.165) is 63.2 Å². The van der Waals surface area contributed by atoms with E-state index in [-0.39, 0.29) is 5.69 Å². The van der Waals surface area contributed by atoms with Crippen molar-refractivity contribution in [1.82, 2.24) is 19.1 Å². The zero-order chi connectivity index (χ0) is 38.5. The summed E-state index contributed by atoms with van der Waals surface area (Å²) in [4.78, 5) is 20.2. The topological polar surface area (TPSA) is 121 Å². The Balaban J connectivity index is 0.000000169. The number of rotatable bonds is 9. The Labute approximate surface area is 319 Å². The highest BCUT2D eigenvalue weighted by atomic mass is 16.5. The van der Waals surface area contributed by atoms with Crippen molar-refractivity contribution in [2.75, 3.05) is 14.2 Å². The Bertz CT molecular complexity index is 2690. The van der Waals surface area contributed by atoms with Crippen molar-refractivity contribution < 1.29 is 14.3 Å². The third-order valence-corrected chi connectivity index (χ3v) is 9.53. The van der Waals surface area contributed by atoms with Gasteiger partial charge in [-0.1, -0.05) is 83.9 Å². The molecule has 55 heavy (non-hydrogen) atoms. The van der Waals surface area contributed by atoms with Crippen LogP contribution in [0.1, 0.15) is 38.4 Å². The van der Waals surface area contributed by atoms with Gasteiger partial charge in [-0.2, -0.15) is 5.26 Å². The maximum Gasteiger partial charge on any atom is 0.267 e. The molecule has 0 spiro atoms. The lowest BCUT2D eigenvalue weighted by atomic mass is 10.1. The molecule has 0 fully saturated rings. The van der Waals surface area contributed by atoms with Crippen LogP contribution in [0.15, 0.2) is 134 Å². The van der Waals surface area contributed by atoms with Crippen molar-refractivity contribution >= 4 is 27.7 Å². The number of aryl methyl sites for hydroxylation is 2. The highest BCUT2D eigenvalue weighted by Gasteiger charge is 2.14. The Morgan fingerprint density at radius 1 is 0.655 bits per heavy atom. The molecule has 0 atom stereocenters. The Morgan fingerprint density at radius 3 is 1.58 bits per heavy atom. The molecule has 9 nitrogen and oxygen atoms in total. The average Bonchev–Trinajstić information content (AvgIpc) is 3.76. The average molecular weight is 725 g/mol. The third kappa shape index (κ3) is 7.94. The summed E-state index contributed by atoms with van der Waals surface area (Å²) in [6.07, 6.45) is 4.05. The number of carbonyl (C=O) groups is 1. The van der Waals surface area contributed by atoms with Crippen LogP contribution in [0.2, 0.25) is 0 Å². The molecule has 1 amide bonds. The molecule has 0 unspecified atom stereocenters. The Hall–Kier alpha value is -7.18. The summed E-state index contributed by atoms with van der Waals surface area (Å²) in [7, 11) is 3.36. The van der Waals surface area contributed by atoms with E-state index < -0.39 is 5.91 Å². The molecule has 0 saturated carbocycles. The number of fused-ring (bicyclic) bond motifs is 2. The van der Waals surface area contributed by atoms with Gasteiger partial charge < -0.3 is 24.3 Å². The summed E-state index contributed by atoms with van der Waals surface area (Å²) in [5.41, 5.74) is 16.5. The molecule has 8 aromatic rings. The molecule has 8 rings (SSSR count). The highest BCUT2D eigenvalue weighted by molar-refractivity contribution is 5.93. The van der Waals surface area contributed by atoms with Crippen LogP contribution < -0.4 is 15.2 Å². The number of aromatic nitrogens is 4. The van der Waals surface area contributed by atoms with E-state index in [2.05, 4.69) is 106 Å². The number of pyridine rings is 2. The summed E-state index contributed by atoms with van der Waals surface area (Å²) in [5, 5.41) is 11.1. The number of ether oxygens (including phenoxy) is 2. The molecule has 4 aromatic carbocycles. The smallest absolute Gasteiger partial charge is 0.267 e. The van der Waals surface area contributed by atoms with E-state index >= 15 is 0 Å². The molecule has 0 aliphatic heterocycles. The standard InChI is InChI=1S/C23H21N3O2.C23H19N3O/c1-15-6-8-16(9-7-15)13-26-14-22(28-2)18-12-17(10-11-21(18)26)19-4-3-5-20(25-19)23(24)27;1-16-6-8-17(9-7-16)14-26-15-23(27-2)20-12-18(10-11-22(20)26)21-5-3-4-19(13-24)25-21/h3-12,14H,13H2,1-2H3,(H2,24,27);3-12,15H,14H2,1-2H3. The summed E-state index contributed by atoms with van der Waals surface area (Å²) in [6, 6.07) is 42.2. The first-order chi connectivity index (χ1) is 26.7. The first-order valence-electron chi connectivity index (χ1n) is 17.8. The molecule has 0 aliphatic rings. The summed E-state index contributed by atoms with van der Waals surface area (Å²) in [6.45, 7) is 5.71. The zero-order valence-electron chi connectivity index (χ0n) is 31.2. The molecule has 272 valence electrons. The van der Waals surface area contributed by atoms with Crippen molar-refractivity contribution in [2.24, 2.45) is 5.73 Å². The van der Waals surface area contributed by atoms with E-state index in [1.54, 1.807) is 32.4 Å². The van der Waals surface area contributed by atoms with Gasteiger partial charge in [0.05, 0.1) is 36.6 Å². The number of methoxy groups -OCH3 is 2. The fraction of sp³-hybridized carbons (Fsp3) is 0.130. The number of primary amides is 1. The molecule has 2 N–H and O–H groups in total. The lowest BCUT2D eigenvalue weighted by molar-refractivity contribution is 0.0995. The normalized spacial score (nSPS) is 10.8. The van der Waals surface area contributed by atoms with Crippen molar-refractivity contribution in [1.29, 1.82) is 5.26 Å². The quantitative estimate of drug-likeness (QED) is 0.159. The molecular formula is C46H40N6O3. The number of nitrogens with zero attached hydrogens (tertiary/aromatic N) is 5. The molecule has 4 heterocycles. The number of carbonyl (C=O) groups excluding carboxylic acids is 1. The van der Waals surface area contributed by atoms with Crippen molar-refractivity contribution in [3.05, 3.63) is 167 Å². The minimum absolute atomic E-state index is 0.251. The van der Waals surface area contributed by atoms with Gasteiger partial charge in [-0.05, 0) is 73.5 Å². The lowest BCUT2D eigenvalue weighted by Gasteiger charge is -2.07. The van der Waals surface area contributed by atoms with Crippen LogP contribution in [0.3, 0.4) is 0 Å². The molecule has 0 saturated heterocycles. The van der Waals surface area contributed by atoms with Crippen molar-refractivity contribution in [3.8, 4) is 40.1 Å². The fourth-order valence-corrected chi connectivity index (χ4v) is 6.61. The number of nitriles is 1. The predicted molar refractivity (Wildman–Crippen MR) is 217 cm³/mol. The molecule has 4 aromatic heterocycles. The number of amides is 1. The largest absolute Gasteiger partial charge is 0.495 e. The van der Waals surface area contributed by atoms with Gasteiger partial charge in [-0.15, -0.1) is 0 Å². The van der Waals surface area contributed by atoms with E-state index in [1.165, 1.54) is 22.3 Å². The second-order valence-electron chi connectivity index (χ2n) is 13.4.